The van der Waals surface area contributed by atoms with E-state index >= 15 is 0 Å². The highest BCUT2D eigenvalue weighted by molar-refractivity contribution is 7.98. The Bertz CT molecular complexity index is 1280. The topological polar surface area (TPSA) is 98.3 Å². The van der Waals surface area contributed by atoms with E-state index in [2.05, 4.69) is 6.92 Å². The fraction of sp³-hybridized carbons (Fsp3) is 0.423. The van der Waals surface area contributed by atoms with E-state index in [1.54, 1.807) is 34.9 Å². The van der Waals surface area contributed by atoms with Gasteiger partial charge < -0.3 is 4.90 Å². The van der Waals surface area contributed by atoms with Crippen LogP contribution in [0.5, 0.6) is 0 Å². The van der Waals surface area contributed by atoms with E-state index in [4.69, 9.17) is 4.98 Å². The van der Waals surface area contributed by atoms with Crippen molar-refractivity contribution in [2.45, 2.75) is 62.9 Å². The van der Waals surface area contributed by atoms with Crippen LogP contribution in [0.15, 0.2) is 52.4 Å². The van der Waals surface area contributed by atoms with Crippen molar-refractivity contribution in [3.63, 3.8) is 0 Å². The summed E-state index contributed by atoms with van der Waals surface area (Å²) in [4.78, 5) is 43.8. The molecule has 0 N–H and O–H groups in total. The van der Waals surface area contributed by atoms with Gasteiger partial charge in [0.2, 0.25) is 0 Å². The van der Waals surface area contributed by atoms with Crippen LogP contribution in [-0.2, 0) is 12.3 Å². The third-order valence-corrected chi connectivity index (χ3v) is 7.33. The number of rotatable bonds is 9. The lowest BCUT2D eigenvalue weighted by Crippen LogP contribution is -2.35. The van der Waals surface area contributed by atoms with Crippen LogP contribution < -0.4 is 5.56 Å². The van der Waals surface area contributed by atoms with Gasteiger partial charge in [-0.1, -0.05) is 43.7 Å². The molecule has 1 aliphatic heterocycles. The maximum atomic E-state index is 13.4. The van der Waals surface area contributed by atoms with Crippen LogP contribution in [0.25, 0.3) is 10.9 Å². The number of nitrogens with zero attached hydrogens (tertiary/aromatic N) is 4. The Labute approximate surface area is 208 Å². The second-order valence-corrected chi connectivity index (χ2v) is 9.80. The number of nitro groups is 1. The summed E-state index contributed by atoms with van der Waals surface area (Å²) in [6.07, 6.45) is 6.07. The third kappa shape index (κ3) is 5.90. The molecule has 0 saturated carbocycles. The first-order chi connectivity index (χ1) is 17.0. The molecule has 0 bridgehead atoms. The summed E-state index contributed by atoms with van der Waals surface area (Å²) >= 11 is 1.38. The fourth-order valence-electron chi connectivity index (χ4n) is 4.35. The number of thioether (sulfide) groups is 1. The van der Waals surface area contributed by atoms with Gasteiger partial charge in [-0.3, -0.25) is 24.3 Å². The second kappa shape index (κ2) is 11.5. The van der Waals surface area contributed by atoms with Gasteiger partial charge in [-0.15, -0.1) is 0 Å². The van der Waals surface area contributed by atoms with Gasteiger partial charge in [-0.05, 0) is 49.4 Å². The van der Waals surface area contributed by atoms with Crippen LogP contribution in [-0.4, -0.2) is 38.4 Å². The molecule has 184 valence electrons. The van der Waals surface area contributed by atoms with Crippen LogP contribution in [0.1, 0.15) is 61.4 Å². The highest BCUT2D eigenvalue weighted by Crippen LogP contribution is 2.25. The summed E-state index contributed by atoms with van der Waals surface area (Å²) in [5.41, 5.74) is 1.75. The Balaban J connectivity index is 1.67. The normalized spacial score (nSPS) is 13.8. The molecule has 0 radical (unpaired) electrons. The van der Waals surface area contributed by atoms with Gasteiger partial charge in [0.05, 0.1) is 15.8 Å². The van der Waals surface area contributed by atoms with Gasteiger partial charge in [0.1, 0.15) is 0 Å². The molecule has 4 rings (SSSR count). The minimum atomic E-state index is -0.413. The number of hydrogen-bond acceptors (Lipinski definition) is 6. The summed E-state index contributed by atoms with van der Waals surface area (Å²) in [5, 5.41) is 12.2. The average molecular weight is 495 g/mol. The molecule has 35 heavy (non-hydrogen) atoms. The van der Waals surface area contributed by atoms with Crippen molar-refractivity contribution in [1.82, 2.24) is 14.5 Å². The van der Waals surface area contributed by atoms with Crippen LogP contribution in [0, 0.1) is 10.1 Å². The molecule has 0 unspecified atom stereocenters. The lowest BCUT2D eigenvalue weighted by Gasteiger charge is -2.26. The predicted octanol–water partition coefficient (Wildman–Crippen LogP) is 5.41. The van der Waals surface area contributed by atoms with Gasteiger partial charge in [-0.25, -0.2) is 4.98 Å². The smallest absolute Gasteiger partial charge is 0.269 e. The molecule has 0 spiro atoms. The Morgan fingerprint density at radius 1 is 1.11 bits per heavy atom. The summed E-state index contributed by atoms with van der Waals surface area (Å²) < 4.78 is 1.70. The van der Waals surface area contributed by atoms with E-state index in [0.717, 1.165) is 57.2 Å². The number of aromatic nitrogens is 2. The predicted molar refractivity (Wildman–Crippen MR) is 138 cm³/mol. The van der Waals surface area contributed by atoms with Crippen molar-refractivity contribution in [1.29, 1.82) is 0 Å². The standard InChI is InChI=1S/C26H30N4O4S/c1-2-3-5-15-29-25(32)22-12-11-20(24(31)28-13-6-4-7-14-28)17-23(22)27-26(29)35-18-19-9-8-10-21(16-19)30(33)34/h8-12,16-17H,2-7,13-15,18H2,1H3. The molecule has 0 atom stereocenters. The number of benzene rings is 2. The monoisotopic (exact) mass is 494 g/mol. The van der Waals surface area contributed by atoms with Gasteiger partial charge in [0.15, 0.2) is 5.16 Å². The highest BCUT2D eigenvalue weighted by atomic mass is 32.2. The van der Waals surface area contributed by atoms with Gasteiger partial charge >= 0.3 is 0 Å². The number of carbonyl (C=O) groups is 1. The number of amides is 1. The zero-order chi connectivity index (χ0) is 24.8. The van der Waals surface area contributed by atoms with E-state index in [1.807, 2.05) is 11.0 Å². The molecule has 1 aliphatic rings. The summed E-state index contributed by atoms with van der Waals surface area (Å²) in [6, 6.07) is 11.7. The van der Waals surface area contributed by atoms with Crippen LogP contribution >= 0.6 is 11.8 Å². The first-order valence-corrected chi connectivity index (χ1v) is 13.2. The number of nitro benzene ring substituents is 1. The van der Waals surface area contributed by atoms with Crippen molar-refractivity contribution >= 4 is 34.3 Å². The molecule has 3 aromatic rings. The molecule has 8 nitrogen and oxygen atoms in total. The second-order valence-electron chi connectivity index (χ2n) is 8.86. The molecular weight excluding hydrogens is 464 g/mol. The number of likely N-dealkylation sites (tertiary alicyclic amines) is 1. The lowest BCUT2D eigenvalue weighted by molar-refractivity contribution is -0.384. The van der Waals surface area contributed by atoms with Gasteiger partial charge in [-0.2, -0.15) is 0 Å². The van der Waals surface area contributed by atoms with Crippen LogP contribution in [0.3, 0.4) is 0 Å². The molecule has 2 heterocycles. The van der Waals surface area contributed by atoms with E-state index in [9.17, 15) is 19.7 Å². The molecule has 1 saturated heterocycles. The van der Waals surface area contributed by atoms with Crippen molar-refractivity contribution in [2.24, 2.45) is 0 Å². The van der Waals surface area contributed by atoms with Crippen molar-refractivity contribution in [3.8, 4) is 0 Å². The number of piperidine rings is 1. The average Bonchev–Trinajstić information content (AvgIpc) is 2.89. The first-order valence-electron chi connectivity index (χ1n) is 12.2. The number of non-ortho nitro benzene ring substituents is 1. The molecule has 2 aromatic carbocycles. The maximum Gasteiger partial charge on any atom is 0.269 e. The summed E-state index contributed by atoms with van der Waals surface area (Å²) in [6.45, 7) is 4.18. The minimum absolute atomic E-state index is 0.0219. The Morgan fingerprint density at radius 3 is 2.66 bits per heavy atom. The minimum Gasteiger partial charge on any atom is -0.339 e. The van der Waals surface area contributed by atoms with Crippen molar-refractivity contribution < 1.29 is 9.72 Å². The van der Waals surface area contributed by atoms with Crippen molar-refractivity contribution in [3.05, 3.63) is 74.1 Å². The van der Waals surface area contributed by atoms with Crippen molar-refractivity contribution in [2.75, 3.05) is 13.1 Å². The number of carbonyl (C=O) groups excluding carboxylic acids is 1. The van der Waals surface area contributed by atoms with E-state index in [1.165, 1.54) is 17.8 Å². The van der Waals surface area contributed by atoms with Gasteiger partial charge in [0.25, 0.3) is 17.2 Å². The molecule has 1 amide bonds. The molecule has 0 aliphatic carbocycles. The quantitative estimate of drug-likeness (QED) is 0.130. The lowest BCUT2D eigenvalue weighted by atomic mass is 10.1. The number of hydrogen-bond donors (Lipinski definition) is 0. The zero-order valence-corrected chi connectivity index (χ0v) is 20.8. The van der Waals surface area contributed by atoms with E-state index in [-0.39, 0.29) is 17.2 Å². The molecule has 1 aromatic heterocycles. The Morgan fingerprint density at radius 2 is 1.91 bits per heavy atom. The van der Waals surface area contributed by atoms with Gasteiger partial charge in [0, 0.05) is 43.1 Å². The van der Waals surface area contributed by atoms with Crippen LogP contribution in [0.2, 0.25) is 0 Å². The number of fused-ring (bicyclic) bond motifs is 1. The van der Waals surface area contributed by atoms with Crippen LogP contribution in [0.4, 0.5) is 5.69 Å². The summed E-state index contributed by atoms with van der Waals surface area (Å²) in [5.74, 6) is 0.422. The van der Waals surface area contributed by atoms with E-state index < -0.39 is 4.92 Å². The molecule has 1 fully saturated rings. The fourth-order valence-corrected chi connectivity index (χ4v) is 5.32. The Kier molecular flexibility index (Phi) is 8.17. The first kappa shape index (κ1) is 24.9. The Hall–Kier alpha value is -3.20. The SMILES string of the molecule is CCCCCn1c(SCc2cccc([N+](=O)[O-])c2)nc2cc(C(=O)N3CCCCC3)ccc2c1=O. The highest BCUT2D eigenvalue weighted by Gasteiger charge is 2.20. The van der Waals surface area contributed by atoms with E-state index in [0.29, 0.717) is 33.9 Å². The largest absolute Gasteiger partial charge is 0.339 e. The molecule has 9 heteroatoms. The molecular formula is C26H30N4O4S. The zero-order valence-electron chi connectivity index (χ0n) is 19.9. The third-order valence-electron chi connectivity index (χ3n) is 6.29. The number of unbranched alkanes of at least 4 members (excludes halogenated alkanes) is 2. The maximum absolute atomic E-state index is 13.4. The summed E-state index contributed by atoms with van der Waals surface area (Å²) in [7, 11) is 0.